The predicted molar refractivity (Wildman–Crippen MR) is 57.6 cm³/mol. The summed E-state index contributed by atoms with van der Waals surface area (Å²) in [5.74, 6) is 0.990. The van der Waals surface area contributed by atoms with E-state index in [1.165, 1.54) is 6.07 Å². The van der Waals surface area contributed by atoms with E-state index in [0.29, 0.717) is 0 Å². The first-order valence-corrected chi connectivity index (χ1v) is 4.87. The van der Waals surface area contributed by atoms with Crippen molar-refractivity contribution < 1.29 is 13.9 Å². The van der Waals surface area contributed by atoms with Crippen molar-refractivity contribution in [2.75, 3.05) is 6.54 Å². The molecule has 0 aliphatic carbocycles. The van der Waals surface area contributed by atoms with E-state index in [-0.39, 0.29) is 18.2 Å². The van der Waals surface area contributed by atoms with E-state index >= 15 is 0 Å². The van der Waals surface area contributed by atoms with Crippen LogP contribution < -0.4 is 5.32 Å². The van der Waals surface area contributed by atoms with Gasteiger partial charge in [0.25, 0.3) is 0 Å². The molecule has 0 fully saturated rings. The number of halogens is 2. The van der Waals surface area contributed by atoms with Crippen molar-refractivity contribution in [3.8, 4) is 12.3 Å². The third-order valence-electron chi connectivity index (χ3n) is 2.19. The minimum absolute atomic E-state index is 0.0538. The van der Waals surface area contributed by atoms with Crippen LogP contribution in [0.4, 0.5) is 8.78 Å². The van der Waals surface area contributed by atoms with Crippen molar-refractivity contribution in [3.63, 3.8) is 0 Å². The smallest absolute Gasteiger partial charge is 0.131 e. The molecule has 16 heavy (non-hydrogen) atoms. The number of benzene rings is 1. The Hall–Kier alpha value is -1.44. The first-order valence-electron chi connectivity index (χ1n) is 4.87. The predicted octanol–water partition coefficient (Wildman–Crippen LogP) is 1.61. The highest BCUT2D eigenvalue weighted by atomic mass is 19.1. The molecule has 1 aromatic carbocycles. The lowest BCUT2D eigenvalue weighted by atomic mass is 10.1. The summed E-state index contributed by atoms with van der Waals surface area (Å²) in [7, 11) is 0. The first kappa shape index (κ1) is 12.6. The van der Waals surface area contributed by atoms with Gasteiger partial charge in [0.2, 0.25) is 0 Å². The van der Waals surface area contributed by atoms with Gasteiger partial charge in [-0.15, -0.1) is 6.42 Å². The maximum absolute atomic E-state index is 13.2. The molecular weight excluding hydrogens is 212 g/mol. The number of hydrogen-bond acceptors (Lipinski definition) is 2. The van der Waals surface area contributed by atoms with Crippen LogP contribution in [-0.2, 0) is 0 Å². The Balaban J connectivity index is 2.66. The zero-order chi connectivity index (χ0) is 12.1. The Labute approximate surface area is 93.3 Å². The van der Waals surface area contributed by atoms with Crippen LogP contribution in [0, 0.1) is 24.0 Å². The molecule has 1 aromatic rings. The van der Waals surface area contributed by atoms with Crippen LogP contribution in [0.5, 0.6) is 0 Å². The van der Waals surface area contributed by atoms with Gasteiger partial charge in [0.05, 0.1) is 12.1 Å². The summed E-state index contributed by atoms with van der Waals surface area (Å²) in [5.41, 5.74) is 0.0538. The summed E-state index contributed by atoms with van der Waals surface area (Å²) in [4.78, 5) is 0. The third kappa shape index (κ3) is 3.30. The van der Waals surface area contributed by atoms with Crippen molar-refractivity contribution >= 4 is 0 Å². The second-order valence-electron chi connectivity index (χ2n) is 3.48. The lowest BCUT2D eigenvalue weighted by Crippen LogP contribution is -2.29. The Morgan fingerprint density at radius 1 is 1.50 bits per heavy atom. The van der Waals surface area contributed by atoms with E-state index in [1.54, 1.807) is 6.92 Å². The first-order chi connectivity index (χ1) is 7.54. The SMILES string of the molecule is C#CC(C)NCC(O)c1ccc(F)cc1F. The number of aliphatic hydroxyl groups is 1. The summed E-state index contributed by atoms with van der Waals surface area (Å²) >= 11 is 0. The zero-order valence-electron chi connectivity index (χ0n) is 8.87. The molecule has 2 unspecified atom stereocenters. The fourth-order valence-corrected chi connectivity index (χ4v) is 1.23. The fraction of sp³-hybridized carbons (Fsp3) is 0.333. The average Bonchev–Trinajstić information content (AvgIpc) is 2.25. The minimum atomic E-state index is -1.05. The quantitative estimate of drug-likeness (QED) is 0.763. The molecule has 4 heteroatoms. The molecular formula is C12H13F2NO. The van der Waals surface area contributed by atoms with Crippen LogP contribution in [0.15, 0.2) is 18.2 Å². The topological polar surface area (TPSA) is 32.3 Å². The van der Waals surface area contributed by atoms with Crippen molar-refractivity contribution in [3.05, 3.63) is 35.4 Å². The molecule has 0 aliphatic rings. The van der Waals surface area contributed by atoms with Gasteiger partial charge in [0.15, 0.2) is 0 Å². The van der Waals surface area contributed by atoms with Gasteiger partial charge < -0.3 is 10.4 Å². The van der Waals surface area contributed by atoms with Crippen LogP contribution in [-0.4, -0.2) is 17.7 Å². The van der Waals surface area contributed by atoms with Crippen LogP contribution >= 0.6 is 0 Å². The maximum atomic E-state index is 13.2. The second-order valence-corrected chi connectivity index (χ2v) is 3.48. The van der Waals surface area contributed by atoms with Crippen molar-refractivity contribution in [1.29, 1.82) is 0 Å². The molecule has 0 heterocycles. The minimum Gasteiger partial charge on any atom is -0.387 e. The zero-order valence-corrected chi connectivity index (χ0v) is 8.87. The summed E-state index contributed by atoms with van der Waals surface area (Å²) in [6.45, 7) is 1.86. The monoisotopic (exact) mass is 225 g/mol. The number of nitrogens with one attached hydrogen (secondary N) is 1. The van der Waals surface area contributed by atoms with E-state index in [0.717, 1.165) is 12.1 Å². The highest BCUT2D eigenvalue weighted by Crippen LogP contribution is 2.17. The van der Waals surface area contributed by atoms with Crippen LogP contribution in [0.25, 0.3) is 0 Å². The van der Waals surface area contributed by atoms with Crippen LogP contribution in [0.3, 0.4) is 0 Å². The molecule has 86 valence electrons. The van der Waals surface area contributed by atoms with E-state index in [1.807, 2.05) is 0 Å². The molecule has 0 bridgehead atoms. The van der Waals surface area contributed by atoms with E-state index in [2.05, 4.69) is 11.2 Å². The molecule has 2 nitrogen and oxygen atoms in total. The van der Waals surface area contributed by atoms with E-state index < -0.39 is 17.7 Å². The van der Waals surface area contributed by atoms with Gasteiger partial charge in [-0.2, -0.15) is 0 Å². The van der Waals surface area contributed by atoms with Gasteiger partial charge in [0.1, 0.15) is 11.6 Å². The molecule has 2 atom stereocenters. The molecule has 1 rings (SSSR count). The molecule has 0 saturated carbocycles. The van der Waals surface area contributed by atoms with Gasteiger partial charge >= 0.3 is 0 Å². The highest BCUT2D eigenvalue weighted by molar-refractivity contribution is 5.21. The van der Waals surface area contributed by atoms with Crippen LogP contribution in [0.1, 0.15) is 18.6 Å². The third-order valence-corrected chi connectivity index (χ3v) is 2.19. The van der Waals surface area contributed by atoms with Crippen molar-refractivity contribution in [2.24, 2.45) is 0 Å². The van der Waals surface area contributed by atoms with E-state index in [4.69, 9.17) is 6.42 Å². The standard InChI is InChI=1S/C12H13F2NO/c1-3-8(2)15-7-12(16)10-5-4-9(13)6-11(10)14/h1,4-6,8,12,15-16H,7H2,2H3. The molecule has 0 saturated heterocycles. The Kier molecular flexibility index (Phi) is 4.41. The summed E-state index contributed by atoms with van der Waals surface area (Å²) in [6.07, 6.45) is 4.08. The second kappa shape index (κ2) is 5.59. The summed E-state index contributed by atoms with van der Waals surface area (Å²) < 4.78 is 25.9. The Bertz CT molecular complexity index is 400. The fourth-order valence-electron chi connectivity index (χ4n) is 1.23. The van der Waals surface area contributed by atoms with E-state index in [9.17, 15) is 13.9 Å². The lowest BCUT2D eigenvalue weighted by Gasteiger charge is -2.14. The van der Waals surface area contributed by atoms with Gasteiger partial charge in [-0.3, -0.25) is 0 Å². The Morgan fingerprint density at radius 3 is 2.75 bits per heavy atom. The van der Waals surface area contributed by atoms with Gasteiger partial charge in [-0.25, -0.2) is 8.78 Å². The molecule has 0 amide bonds. The molecule has 0 spiro atoms. The van der Waals surface area contributed by atoms with Gasteiger partial charge in [-0.1, -0.05) is 12.0 Å². The average molecular weight is 225 g/mol. The number of terminal acetylenes is 1. The summed E-state index contributed by atoms with van der Waals surface area (Å²) in [6, 6.07) is 2.85. The highest BCUT2D eigenvalue weighted by Gasteiger charge is 2.13. The number of hydrogen-bond donors (Lipinski definition) is 2. The largest absolute Gasteiger partial charge is 0.387 e. The maximum Gasteiger partial charge on any atom is 0.131 e. The lowest BCUT2D eigenvalue weighted by molar-refractivity contribution is 0.168. The number of rotatable bonds is 4. The molecule has 2 N–H and O–H groups in total. The molecule has 0 radical (unpaired) electrons. The number of aliphatic hydroxyl groups excluding tert-OH is 1. The van der Waals surface area contributed by atoms with Gasteiger partial charge in [0, 0.05) is 18.2 Å². The van der Waals surface area contributed by atoms with Gasteiger partial charge in [-0.05, 0) is 13.0 Å². The van der Waals surface area contributed by atoms with Crippen molar-refractivity contribution in [1.82, 2.24) is 5.32 Å². The van der Waals surface area contributed by atoms with Crippen LogP contribution in [0.2, 0.25) is 0 Å². The van der Waals surface area contributed by atoms with Crippen molar-refractivity contribution in [2.45, 2.75) is 19.1 Å². The molecule has 0 aliphatic heterocycles. The Morgan fingerprint density at radius 2 is 2.19 bits per heavy atom. The summed E-state index contributed by atoms with van der Waals surface area (Å²) in [5, 5.41) is 12.5. The normalized spacial score (nSPS) is 14.2. The molecule has 0 aromatic heterocycles.